The van der Waals surface area contributed by atoms with Crippen molar-refractivity contribution in [3.8, 4) is 11.1 Å². The number of anilines is 2. The molecule has 3 nitrogen and oxygen atoms in total. The fraction of sp³-hybridized carbons (Fsp3) is 0.308. The van der Waals surface area contributed by atoms with Crippen molar-refractivity contribution in [2.75, 3.05) is 4.90 Å². The van der Waals surface area contributed by atoms with Gasteiger partial charge in [-0.2, -0.15) is 18.2 Å². The number of rotatable bonds is 10. The summed E-state index contributed by atoms with van der Waals surface area (Å²) in [6, 6.07) is 50.7. The van der Waals surface area contributed by atoms with Gasteiger partial charge in [-0.05, 0) is 41.3 Å². The number of para-hydroxylation sites is 4. The quantitative estimate of drug-likeness (QED) is 0.101. The van der Waals surface area contributed by atoms with Gasteiger partial charge in [0.25, 0.3) is 0 Å². The van der Waals surface area contributed by atoms with Crippen LogP contribution in [0.2, 0.25) is 17.3 Å². The molecule has 1 aliphatic rings. The summed E-state index contributed by atoms with van der Waals surface area (Å²) >= 11 is -1.86. The molecule has 1 aliphatic heterocycles. The van der Waals surface area contributed by atoms with E-state index in [1.165, 1.54) is 41.6 Å². The second-order valence-electron chi connectivity index (χ2n) is 16.9. The molecule has 2 heterocycles. The van der Waals surface area contributed by atoms with E-state index in [9.17, 15) is 0 Å². The van der Waals surface area contributed by atoms with Gasteiger partial charge in [0.15, 0.2) is 0 Å². The fourth-order valence-electron chi connectivity index (χ4n) is 8.24. The largest absolute Gasteiger partial charge is 0 e. The van der Waals surface area contributed by atoms with Crippen LogP contribution in [0.1, 0.15) is 94.6 Å². The van der Waals surface area contributed by atoms with Crippen LogP contribution in [0.3, 0.4) is 0 Å². The third kappa shape index (κ3) is 8.85. The van der Waals surface area contributed by atoms with Crippen LogP contribution in [0.5, 0.6) is 0 Å². The van der Waals surface area contributed by atoms with Crippen LogP contribution < -0.4 is 9.30 Å². The second kappa shape index (κ2) is 18.2. The maximum Gasteiger partial charge on any atom is 0 e. The monoisotopic (exact) mass is 991 g/mol. The molecule has 6 aromatic carbocycles. The van der Waals surface area contributed by atoms with Crippen molar-refractivity contribution in [2.45, 2.75) is 96.1 Å². The van der Waals surface area contributed by atoms with E-state index >= 15 is 0 Å². The molecule has 1 aromatic heterocycles. The minimum absolute atomic E-state index is 0. The van der Waals surface area contributed by atoms with E-state index in [0.29, 0.717) is 11.8 Å². The predicted molar refractivity (Wildman–Crippen MR) is 242 cm³/mol. The molecule has 1 radical (unpaired) electrons. The van der Waals surface area contributed by atoms with Gasteiger partial charge in [-0.15, -0.1) is 11.3 Å². The van der Waals surface area contributed by atoms with Crippen LogP contribution in [0.15, 0.2) is 120 Å². The Bertz CT molecular complexity index is 2400. The summed E-state index contributed by atoms with van der Waals surface area (Å²) in [5.41, 5.74) is 12.7. The molecular formula is C52H56GeIrN2O-4. The van der Waals surface area contributed by atoms with Crippen molar-refractivity contribution < 1.29 is 24.5 Å². The Labute approximate surface area is 358 Å². The van der Waals surface area contributed by atoms with Gasteiger partial charge in [0.05, 0.1) is 0 Å². The minimum atomic E-state index is -1.86. The van der Waals surface area contributed by atoms with Gasteiger partial charge in [0.1, 0.15) is 5.58 Å². The van der Waals surface area contributed by atoms with Crippen molar-refractivity contribution in [1.82, 2.24) is 0 Å². The van der Waals surface area contributed by atoms with E-state index in [1.807, 2.05) is 30.3 Å². The maximum atomic E-state index is 6.42. The molecule has 0 amide bonds. The molecule has 57 heavy (non-hydrogen) atoms. The Morgan fingerprint density at radius 3 is 2.07 bits per heavy atom. The summed E-state index contributed by atoms with van der Waals surface area (Å²) < 4.78 is 8.03. The van der Waals surface area contributed by atoms with Gasteiger partial charge in [-0.3, -0.25) is 0 Å². The van der Waals surface area contributed by atoms with E-state index in [1.54, 1.807) is 9.96 Å². The predicted octanol–water partition coefficient (Wildman–Crippen LogP) is 15.0. The standard InChI is InChI=1S/C31H28N2O.C21H28Ge.Ir/c1-19(2)21-12-9-13-22(20(3)4)29(21)33-27-17-7-6-16-26(27)32-31(33)25-15-10-14-24-23-11-5-8-18-28(23)34-30(24)25;1-6-17(7-2)15-20-16-19(18-11-9-8-10-12-18)13-14-21(20)22(3,4)5;/h5-14,16-20,31H,1-4H3;8-11,14,16-17H,6-7,15H2,1-5H3;/q2*-2;. The Hall–Kier alpha value is -4.09. The Kier molecular flexibility index (Phi) is 13.6. The number of hydrogen-bond acceptors (Lipinski definition) is 2. The smallest absolute Gasteiger partial charge is 0 e. The number of hydrogen-bond donors (Lipinski definition) is 0. The Morgan fingerprint density at radius 1 is 0.719 bits per heavy atom. The zero-order valence-corrected chi connectivity index (χ0v) is 39.5. The van der Waals surface area contributed by atoms with Crippen molar-refractivity contribution in [2.24, 2.45) is 5.92 Å². The van der Waals surface area contributed by atoms with E-state index < -0.39 is 13.3 Å². The molecule has 7 aromatic rings. The molecule has 0 N–H and O–H groups in total. The molecule has 0 bridgehead atoms. The number of benzene rings is 6. The average molecular weight is 990 g/mol. The van der Waals surface area contributed by atoms with E-state index in [-0.39, 0.29) is 26.3 Å². The van der Waals surface area contributed by atoms with Crippen molar-refractivity contribution in [3.63, 3.8) is 0 Å². The average Bonchev–Trinajstić information content (AvgIpc) is 3.78. The van der Waals surface area contributed by atoms with E-state index in [0.717, 1.165) is 50.4 Å². The van der Waals surface area contributed by atoms with Gasteiger partial charge in [-0.1, -0.05) is 87.7 Å². The molecule has 5 heteroatoms. The van der Waals surface area contributed by atoms with E-state index in [4.69, 9.17) is 9.73 Å². The molecular weight excluding hydrogens is 933 g/mol. The van der Waals surface area contributed by atoms with Crippen molar-refractivity contribution in [1.29, 1.82) is 0 Å². The zero-order chi connectivity index (χ0) is 39.6. The summed E-state index contributed by atoms with van der Waals surface area (Å²) in [4.78, 5) is 2.42. The van der Waals surface area contributed by atoms with Crippen molar-refractivity contribution >= 4 is 56.7 Å². The van der Waals surface area contributed by atoms with Crippen LogP contribution in [-0.2, 0) is 26.5 Å². The van der Waals surface area contributed by atoms with Crippen LogP contribution in [0.25, 0.3) is 38.4 Å². The normalized spacial score (nSPS) is 13.8. The Morgan fingerprint density at radius 2 is 1.40 bits per heavy atom. The molecule has 0 spiro atoms. The SMILES string of the molecule is CC(C)c1cccc(C(C)C)c1N1c2ccccc2[N-]C1c1[c-]ccc2c1oc1ccccc12.CCC(CC)Cc1cc(-c2[c-]cccc2)[c-]c[c]1[Ge]([CH3])([CH3])[CH3].[Ir]. The number of nitrogens with zero attached hydrogens (tertiary/aromatic N) is 2. The first-order chi connectivity index (χ1) is 27.0. The first kappa shape index (κ1) is 42.5. The van der Waals surface area contributed by atoms with Crippen molar-refractivity contribution in [3.05, 3.63) is 161 Å². The summed E-state index contributed by atoms with van der Waals surface area (Å²) in [6.45, 7) is 13.7. The molecule has 8 rings (SSSR count). The fourth-order valence-corrected chi connectivity index (χ4v) is 11.7. The molecule has 0 saturated carbocycles. The minimum Gasteiger partial charge on any atom is 0 e. The summed E-state index contributed by atoms with van der Waals surface area (Å²) in [7, 11) is 0. The third-order valence-corrected chi connectivity index (χ3v) is 15.7. The number of fused-ring (bicyclic) bond motifs is 4. The maximum absolute atomic E-state index is 6.42. The first-order valence-electron chi connectivity index (χ1n) is 20.6. The molecule has 0 fully saturated rings. The van der Waals surface area contributed by atoms with Gasteiger partial charge in [0, 0.05) is 42.4 Å². The summed E-state index contributed by atoms with van der Waals surface area (Å²) in [5, 5.41) is 7.47. The molecule has 1 unspecified atom stereocenters. The second-order valence-corrected chi connectivity index (χ2v) is 27.5. The molecule has 297 valence electrons. The third-order valence-electron chi connectivity index (χ3n) is 11.4. The van der Waals surface area contributed by atoms with Crippen LogP contribution in [-0.4, -0.2) is 13.3 Å². The van der Waals surface area contributed by atoms with E-state index in [2.05, 4.69) is 167 Å². The van der Waals surface area contributed by atoms with Gasteiger partial charge in [0.2, 0.25) is 0 Å². The first-order valence-corrected chi connectivity index (χ1v) is 27.9. The molecule has 0 saturated heterocycles. The Balaban J connectivity index is 0.000000208. The molecule has 0 aliphatic carbocycles. The van der Waals surface area contributed by atoms with Gasteiger partial charge < -0.3 is 14.6 Å². The van der Waals surface area contributed by atoms with Crippen LogP contribution >= 0.6 is 0 Å². The zero-order valence-electron chi connectivity index (χ0n) is 35.0. The van der Waals surface area contributed by atoms with Crippen LogP contribution in [0, 0.1) is 24.1 Å². The number of furan rings is 1. The molecule has 1 atom stereocenters. The summed E-state index contributed by atoms with van der Waals surface area (Å²) in [5.74, 6) is 9.00. The van der Waals surface area contributed by atoms with Gasteiger partial charge in [-0.25, -0.2) is 0 Å². The van der Waals surface area contributed by atoms with Gasteiger partial charge >= 0.3 is 139 Å². The van der Waals surface area contributed by atoms with Crippen LogP contribution in [0.4, 0.5) is 17.1 Å². The topological polar surface area (TPSA) is 30.5 Å². The summed E-state index contributed by atoms with van der Waals surface area (Å²) in [6.07, 6.45) is 3.48.